The van der Waals surface area contributed by atoms with Crippen LogP contribution in [-0.2, 0) is 24.9 Å². The Balaban J connectivity index is 2.08. The van der Waals surface area contributed by atoms with Crippen molar-refractivity contribution in [2.45, 2.75) is 27.0 Å². The van der Waals surface area contributed by atoms with Crippen LogP contribution in [0.25, 0.3) is 0 Å². The van der Waals surface area contributed by atoms with Gasteiger partial charge in [0.25, 0.3) is 0 Å². The maximum absolute atomic E-state index is 11.8. The summed E-state index contributed by atoms with van der Waals surface area (Å²) in [4.78, 5) is 11.8. The van der Waals surface area contributed by atoms with Crippen molar-refractivity contribution < 1.29 is 14.3 Å². The van der Waals surface area contributed by atoms with Gasteiger partial charge in [-0.1, -0.05) is 0 Å². The molecule has 0 aromatic carbocycles. The van der Waals surface area contributed by atoms with Gasteiger partial charge in [0.15, 0.2) is 5.75 Å². The van der Waals surface area contributed by atoms with E-state index in [0.717, 1.165) is 6.54 Å². The molecule has 0 unspecified atom stereocenters. The van der Waals surface area contributed by atoms with E-state index in [4.69, 9.17) is 9.47 Å². The monoisotopic (exact) mass is 278 g/mol. The summed E-state index contributed by atoms with van der Waals surface area (Å²) in [5, 5.41) is 8.19. The SMILES string of the molecule is CCOC(=O)c1cnn(C)c1COc1cnn(CC)c1. The van der Waals surface area contributed by atoms with Gasteiger partial charge in [0, 0.05) is 13.6 Å². The number of hydrogen-bond acceptors (Lipinski definition) is 5. The fourth-order valence-electron chi connectivity index (χ4n) is 1.76. The Morgan fingerprint density at radius 2 is 2.10 bits per heavy atom. The van der Waals surface area contributed by atoms with Crippen LogP contribution in [0.3, 0.4) is 0 Å². The van der Waals surface area contributed by atoms with Gasteiger partial charge in [-0.15, -0.1) is 0 Å². The Labute approximate surface area is 117 Å². The van der Waals surface area contributed by atoms with E-state index >= 15 is 0 Å². The smallest absolute Gasteiger partial charge is 0.341 e. The highest BCUT2D eigenvalue weighted by Gasteiger charge is 2.17. The molecule has 0 radical (unpaired) electrons. The number of nitrogens with zero attached hydrogens (tertiary/aromatic N) is 4. The molecule has 0 spiro atoms. The molecule has 0 saturated carbocycles. The molecule has 0 aliphatic rings. The predicted molar refractivity (Wildman–Crippen MR) is 71.4 cm³/mol. The molecule has 0 saturated heterocycles. The van der Waals surface area contributed by atoms with E-state index in [1.54, 1.807) is 35.7 Å². The maximum atomic E-state index is 11.8. The summed E-state index contributed by atoms with van der Waals surface area (Å²) in [5.74, 6) is 0.270. The Bertz CT molecular complexity index is 588. The Kier molecular flexibility index (Phi) is 4.39. The van der Waals surface area contributed by atoms with Crippen LogP contribution in [0.5, 0.6) is 5.75 Å². The number of carbonyl (C=O) groups excluding carboxylic acids is 1. The average molecular weight is 278 g/mol. The molecule has 0 aliphatic heterocycles. The van der Waals surface area contributed by atoms with Gasteiger partial charge >= 0.3 is 5.97 Å². The lowest BCUT2D eigenvalue weighted by Crippen LogP contribution is -2.11. The quantitative estimate of drug-likeness (QED) is 0.747. The molecule has 0 aliphatic carbocycles. The first-order chi connectivity index (χ1) is 9.65. The number of hydrogen-bond donors (Lipinski definition) is 0. The standard InChI is InChI=1S/C13H18N4O3/c1-4-17-8-10(6-15-17)20-9-12-11(7-14-16(12)3)13(18)19-5-2/h6-8H,4-5,9H2,1-3H3. The van der Waals surface area contributed by atoms with Crippen LogP contribution in [-0.4, -0.2) is 32.1 Å². The van der Waals surface area contributed by atoms with Crippen LogP contribution in [0.15, 0.2) is 18.6 Å². The lowest BCUT2D eigenvalue weighted by atomic mass is 10.2. The first kappa shape index (κ1) is 14.1. The summed E-state index contributed by atoms with van der Waals surface area (Å²) in [6.45, 7) is 5.11. The Morgan fingerprint density at radius 1 is 1.30 bits per heavy atom. The van der Waals surface area contributed by atoms with Gasteiger partial charge in [0.2, 0.25) is 0 Å². The van der Waals surface area contributed by atoms with Crippen molar-refractivity contribution in [3.05, 3.63) is 29.8 Å². The highest BCUT2D eigenvalue weighted by atomic mass is 16.5. The van der Waals surface area contributed by atoms with Gasteiger partial charge in [0.05, 0.1) is 30.9 Å². The van der Waals surface area contributed by atoms with E-state index in [0.29, 0.717) is 23.6 Å². The lowest BCUT2D eigenvalue weighted by molar-refractivity contribution is 0.0523. The summed E-state index contributed by atoms with van der Waals surface area (Å²) in [6, 6.07) is 0. The fraction of sp³-hybridized carbons (Fsp3) is 0.462. The molecule has 0 atom stereocenters. The molecule has 20 heavy (non-hydrogen) atoms. The van der Waals surface area contributed by atoms with Crippen molar-refractivity contribution in [1.29, 1.82) is 0 Å². The zero-order chi connectivity index (χ0) is 14.5. The minimum absolute atomic E-state index is 0.236. The first-order valence-electron chi connectivity index (χ1n) is 6.49. The van der Waals surface area contributed by atoms with Crippen LogP contribution in [0.1, 0.15) is 29.9 Å². The number of rotatable bonds is 6. The van der Waals surface area contributed by atoms with Crippen LogP contribution >= 0.6 is 0 Å². The first-order valence-corrected chi connectivity index (χ1v) is 6.49. The van der Waals surface area contributed by atoms with E-state index in [1.165, 1.54) is 6.20 Å². The highest BCUT2D eigenvalue weighted by molar-refractivity contribution is 5.90. The van der Waals surface area contributed by atoms with Crippen LogP contribution in [0.4, 0.5) is 0 Å². The van der Waals surface area contributed by atoms with Gasteiger partial charge in [-0.2, -0.15) is 10.2 Å². The number of esters is 1. The van der Waals surface area contributed by atoms with E-state index in [2.05, 4.69) is 10.2 Å². The minimum Gasteiger partial charge on any atom is -0.484 e. The summed E-state index contributed by atoms with van der Waals surface area (Å²) in [5.41, 5.74) is 1.10. The molecule has 0 fully saturated rings. The van der Waals surface area contributed by atoms with Crippen LogP contribution in [0, 0.1) is 0 Å². The Hall–Kier alpha value is -2.31. The van der Waals surface area contributed by atoms with Crippen molar-refractivity contribution in [1.82, 2.24) is 19.6 Å². The molecule has 0 amide bonds. The third kappa shape index (κ3) is 2.98. The normalized spacial score (nSPS) is 10.6. The van der Waals surface area contributed by atoms with E-state index in [-0.39, 0.29) is 12.6 Å². The van der Waals surface area contributed by atoms with Crippen LogP contribution < -0.4 is 4.74 Å². The summed E-state index contributed by atoms with van der Waals surface area (Å²) in [6.07, 6.45) is 4.94. The summed E-state index contributed by atoms with van der Waals surface area (Å²) < 4.78 is 14.0. The van der Waals surface area contributed by atoms with Gasteiger partial charge in [-0.05, 0) is 13.8 Å². The molecule has 0 bridgehead atoms. The molecular formula is C13H18N4O3. The molecule has 7 nitrogen and oxygen atoms in total. The summed E-state index contributed by atoms with van der Waals surface area (Å²) in [7, 11) is 1.76. The zero-order valence-corrected chi connectivity index (χ0v) is 11.9. The fourth-order valence-corrected chi connectivity index (χ4v) is 1.76. The Morgan fingerprint density at radius 3 is 2.75 bits per heavy atom. The second kappa shape index (κ2) is 6.23. The number of aryl methyl sites for hydroxylation is 2. The molecule has 0 N–H and O–H groups in total. The largest absolute Gasteiger partial charge is 0.484 e. The number of ether oxygens (including phenoxy) is 2. The molecule has 2 aromatic heterocycles. The molecule has 2 rings (SSSR count). The van der Waals surface area contributed by atoms with Crippen molar-refractivity contribution in [3.63, 3.8) is 0 Å². The third-order valence-corrected chi connectivity index (χ3v) is 2.87. The van der Waals surface area contributed by atoms with Gasteiger partial charge < -0.3 is 9.47 Å². The second-order valence-corrected chi connectivity index (χ2v) is 4.17. The van der Waals surface area contributed by atoms with Gasteiger partial charge in [-0.3, -0.25) is 9.36 Å². The van der Waals surface area contributed by atoms with Crippen molar-refractivity contribution in [2.24, 2.45) is 7.05 Å². The molecule has 7 heteroatoms. The number of carbonyl (C=O) groups is 1. The second-order valence-electron chi connectivity index (χ2n) is 4.17. The minimum atomic E-state index is -0.386. The summed E-state index contributed by atoms with van der Waals surface area (Å²) >= 11 is 0. The van der Waals surface area contributed by atoms with Crippen molar-refractivity contribution in [3.8, 4) is 5.75 Å². The molecule has 2 aromatic rings. The van der Waals surface area contributed by atoms with Crippen molar-refractivity contribution in [2.75, 3.05) is 6.61 Å². The average Bonchev–Trinajstić information content (AvgIpc) is 3.03. The maximum Gasteiger partial charge on any atom is 0.341 e. The molecule has 2 heterocycles. The molecule has 108 valence electrons. The highest BCUT2D eigenvalue weighted by Crippen LogP contribution is 2.14. The zero-order valence-electron chi connectivity index (χ0n) is 11.9. The van der Waals surface area contributed by atoms with E-state index < -0.39 is 0 Å². The third-order valence-electron chi connectivity index (χ3n) is 2.87. The molecular weight excluding hydrogens is 260 g/mol. The topological polar surface area (TPSA) is 71.2 Å². The van der Waals surface area contributed by atoms with E-state index in [1.807, 2.05) is 6.92 Å². The number of aromatic nitrogens is 4. The van der Waals surface area contributed by atoms with Gasteiger partial charge in [-0.25, -0.2) is 4.79 Å². The van der Waals surface area contributed by atoms with Crippen LogP contribution in [0.2, 0.25) is 0 Å². The lowest BCUT2D eigenvalue weighted by Gasteiger charge is -2.07. The van der Waals surface area contributed by atoms with Gasteiger partial charge in [0.1, 0.15) is 12.2 Å². The van der Waals surface area contributed by atoms with E-state index in [9.17, 15) is 4.79 Å². The van der Waals surface area contributed by atoms with Crippen molar-refractivity contribution >= 4 is 5.97 Å². The predicted octanol–water partition coefficient (Wildman–Crippen LogP) is 1.39.